The summed E-state index contributed by atoms with van der Waals surface area (Å²) in [4.78, 5) is 18.0. The van der Waals surface area contributed by atoms with Gasteiger partial charge in [-0.1, -0.05) is 111 Å². The summed E-state index contributed by atoms with van der Waals surface area (Å²) in [7, 11) is 0. The minimum absolute atomic E-state index is 0. The van der Waals surface area contributed by atoms with E-state index in [0.717, 1.165) is 77.9 Å². The summed E-state index contributed by atoms with van der Waals surface area (Å²) >= 11 is 0. The first-order valence-corrected chi connectivity index (χ1v) is 23.3. The molecule has 0 aliphatic carbocycles. The molecule has 0 aliphatic rings. The van der Waals surface area contributed by atoms with Gasteiger partial charge in [-0.3, -0.25) is 9.97 Å². The topological polar surface area (TPSA) is 69.6 Å². The second kappa shape index (κ2) is 19.7. The zero-order valence-corrected chi connectivity index (χ0v) is 42.5. The van der Waals surface area contributed by atoms with Gasteiger partial charge in [-0.05, 0) is 113 Å². The van der Waals surface area contributed by atoms with E-state index in [2.05, 4.69) is 189 Å². The number of hydrogen-bond acceptors (Lipinski definition) is 5. The van der Waals surface area contributed by atoms with Crippen molar-refractivity contribution in [3.05, 3.63) is 210 Å². The number of aromatic nitrogens is 5. The van der Waals surface area contributed by atoms with Crippen LogP contribution in [0.25, 0.3) is 94.7 Å². The molecule has 11 rings (SSSR count). The number of para-hydroxylation sites is 2. The predicted molar refractivity (Wildman–Crippen MR) is 279 cm³/mol. The molecule has 0 bridgehead atoms. The van der Waals surface area contributed by atoms with E-state index in [4.69, 9.17) is 9.40 Å². The van der Waals surface area contributed by atoms with Crippen molar-refractivity contribution in [2.24, 2.45) is 0 Å². The first-order valence-electron chi connectivity index (χ1n) is 23.3. The molecule has 0 unspecified atom stereocenters. The summed E-state index contributed by atoms with van der Waals surface area (Å²) in [5.74, 6) is 0.875. The van der Waals surface area contributed by atoms with Crippen LogP contribution in [0.1, 0.15) is 73.0 Å². The predicted octanol–water partition coefficient (Wildman–Crippen LogP) is 16.0. The summed E-state index contributed by atoms with van der Waals surface area (Å²) in [5.41, 5.74) is 21.6. The van der Waals surface area contributed by atoms with Gasteiger partial charge < -0.3 is 14.0 Å². The van der Waals surface area contributed by atoms with Gasteiger partial charge in [-0.25, -0.2) is 10.5 Å². The van der Waals surface area contributed by atoms with Crippen LogP contribution in [0.2, 0.25) is 0 Å². The number of aryl methyl sites for hydroxylation is 4. The van der Waals surface area contributed by atoms with Crippen LogP contribution < -0.4 is 0 Å². The fourth-order valence-electron chi connectivity index (χ4n) is 9.48. The molecule has 5 aromatic heterocycles. The first-order chi connectivity index (χ1) is 33.0. The number of hydrogen-bond donors (Lipinski definition) is 0. The number of rotatable bonds is 8. The summed E-state index contributed by atoms with van der Waals surface area (Å²) < 4.78 is 8.65. The Hall–Kier alpha value is -7.31. The van der Waals surface area contributed by atoms with Crippen molar-refractivity contribution in [3.8, 4) is 61.7 Å². The van der Waals surface area contributed by atoms with Gasteiger partial charge in [-0.15, -0.1) is 47.5 Å². The van der Waals surface area contributed by atoms with Crippen LogP contribution in [0.3, 0.4) is 0 Å². The van der Waals surface area contributed by atoms with Crippen LogP contribution >= 0.6 is 0 Å². The summed E-state index contributed by atoms with van der Waals surface area (Å²) in [6.45, 7) is 17.5. The van der Waals surface area contributed by atoms with Crippen molar-refractivity contribution in [3.63, 3.8) is 0 Å². The molecule has 0 amide bonds. The normalized spacial score (nSPS) is 11.3. The van der Waals surface area contributed by atoms with Crippen LogP contribution in [-0.2, 0) is 20.1 Å². The van der Waals surface area contributed by atoms with Gasteiger partial charge in [0, 0.05) is 40.9 Å². The number of pyridine rings is 2. The Morgan fingerprint density at radius 1 is 0.594 bits per heavy atom. The molecule has 0 fully saturated rings. The van der Waals surface area contributed by atoms with E-state index < -0.39 is 0 Å². The van der Waals surface area contributed by atoms with Gasteiger partial charge in [0.15, 0.2) is 0 Å². The third kappa shape index (κ3) is 9.08. The molecule has 0 saturated heterocycles. The molecule has 6 aromatic carbocycles. The van der Waals surface area contributed by atoms with Crippen molar-refractivity contribution in [1.82, 2.24) is 24.5 Å². The van der Waals surface area contributed by atoms with Crippen LogP contribution in [0.4, 0.5) is 0 Å². The van der Waals surface area contributed by atoms with Gasteiger partial charge in [0.2, 0.25) is 5.71 Å². The second-order valence-corrected chi connectivity index (χ2v) is 18.2. The molecule has 0 spiro atoms. The van der Waals surface area contributed by atoms with Crippen molar-refractivity contribution in [1.29, 1.82) is 0 Å². The Balaban J connectivity index is 0.000000184. The zero-order valence-electron chi connectivity index (χ0n) is 40.1. The molecule has 0 saturated carbocycles. The van der Waals surface area contributed by atoms with E-state index in [0.29, 0.717) is 17.5 Å². The Bertz CT molecular complexity index is 3560. The third-order valence-electron chi connectivity index (χ3n) is 12.8. The molecular weight excluding hydrogens is 1020 g/mol. The van der Waals surface area contributed by atoms with E-state index in [9.17, 15) is 0 Å². The molecule has 0 radical (unpaired) electrons. The standard InChI is InChI=1S/C36H27N4O.C26H25N.Ir/c1-21-16-27(25-9-11-26(12-10-25)33-20-37-14-15-38-33)17-22(2)34(21)31-18-32(39-19-23(31)3)30-7-5-6-28-29-13-8-24(4)40-36(29)41-35(28)30;1-18(2)22-14-10-15-23(19(3)4)26(22)27-24-16-9-8-13-21(24)17-25(27)20-11-6-5-7-12-20;/h5-6,8-20H,1-4H3;5-11,13-16,18-19H,1-4H3;/q-1;-2;+3. The van der Waals surface area contributed by atoms with Crippen molar-refractivity contribution in [2.75, 3.05) is 0 Å². The second-order valence-electron chi connectivity index (χ2n) is 18.2. The van der Waals surface area contributed by atoms with E-state index >= 15 is 0 Å². The van der Waals surface area contributed by atoms with Crippen molar-refractivity contribution >= 4 is 33.0 Å². The molecule has 6 nitrogen and oxygen atoms in total. The number of benzene rings is 6. The number of nitrogens with zero attached hydrogens (tertiary/aromatic N) is 5. The fourth-order valence-corrected chi connectivity index (χ4v) is 9.48. The average molecular weight is 1080 g/mol. The zero-order chi connectivity index (χ0) is 47.1. The van der Waals surface area contributed by atoms with Crippen molar-refractivity contribution < 1.29 is 24.5 Å². The Kier molecular flexibility index (Phi) is 13.4. The third-order valence-corrected chi connectivity index (χ3v) is 12.8. The van der Waals surface area contributed by atoms with Gasteiger partial charge in [0.05, 0.1) is 17.5 Å². The fraction of sp³-hybridized carbons (Fsp3) is 0.161. The summed E-state index contributed by atoms with van der Waals surface area (Å²) in [6, 6.07) is 57.1. The van der Waals surface area contributed by atoms with Gasteiger partial charge in [0.1, 0.15) is 0 Å². The van der Waals surface area contributed by atoms with Gasteiger partial charge in [-0.2, -0.15) is 30.3 Å². The minimum Gasteiger partial charge on any atom is -0.486 e. The first kappa shape index (κ1) is 46.8. The molecular formula is C62H52IrN5O. The maximum atomic E-state index is 6.25. The molecule has 0 atom stereocenters. The number of fused-ring (bicyclic) bond motifs is 4. The van der Waals surface area contributed by atoms with Crippen molar-refractivity contribution in [2.45, 2.75) is 67.2 Å². The molecule has 5 heterocycles. The van der Waals surface area contributed by atoms with Gasteiger partial charge in [0.25, 0.3) is 0 Å². The number of furan rings is 1. The smallest absolute Gasteiger partial charge is 0.486 e. The largest absolute Gasteiger partial charge is 3.00 e. The van der Waals surface area contributed by atoms with Crippen LogP contribution in [0.5, 0.6) is 0 Å². The molecule has 11 aromatic rings. The Labute approximate surface area is 418 Å². The van der Waals surface area contributed by atoms with E-state index in [1.54, 1.807) is 18.6 Å². The van der Waals surface area contributed by atoms with Crippen LogP contribution in [0, 0.1) is 45.9 Å². The molecule has 69 heavy (non-hydrogen) atoms. The summed E-state index contributed by atoms with van der Waals surface area (Å²) in [5, 5.41) is 3.16. The molecule has 0 aliphatic heterocycles. The van der Waals surface area contributed by atoms with E-state index in [1.165, 1.54) is 44.6 Å². The Morgan fingerprint density at radius 2 is 1.32 bits per heavy atom. The van der Waals surface area contributed by atoms with Gasteiger partial charge >= 0.3 is 20.1 Å². The van der Waals surface area contributed by atoms with E-state index in [1.807, 2.05) is 43.5 Å². The maximum Gasteiger partial charge on any atom is 3.00 e. The molecule has 0 N–H and O–H groups in total. The monoisotopic (exact) mass is 1080 g/mol. The van der Waals surface area contributed by atoms with E-state index in [-0.39, 0.29) is 20.1 Å². The Morgan fingerprint density at radius 3 is 2.01 bits per heavy atom. The molecule has 340 valence electrons. The minimum atomic E-state index is 0. The molecule has 7 heteroatoms. The maximum absolute atomic E-state index is 6.25. The average Bonchev–Trinajstić information content (AvgIpc) is 3.93. The van der Waals surface area contributed by atoms with Crippen LogP contribution in [-0.4, -0.2) is 24.5 Å². The summed E-state index contributed by atoms with van der Waals surface area (Å²) in [6.07, 6.45) is 7.14. The quantitative estimate of drug-likeness (QED) is 0.142. The van der Waals surface area contributed by atoms with Crippen LogP contribution in [0.15, 0.2) is 163 Å². The SMILES string of the molecule is CC(C)c1cccc(C(C)C)c1-n1c(-c2[c-]cccc2)[c-]c2ccccc21.Cc1ccc2c(n1)oc1c(-c3cc(-c4c(C)cc(-c5ccc(-c6cnccn6)cc5)cc4C)c(C)cn3)[c-]ccc12.[Ir+3].